The molecule has 2 rings (SSSR count). The van der Waals surface area contributed by atoms with E-state index in [1.165, 1.54) is 0 Å². The Morgan fingerprint density at radius 2 is 2.00 bits per heavy atom. The fourth-order valence-corrected chi connectivity index (χ4v) is 2.63. The van der Waals surface area contributed by atoms with Crippen LogP contribution in [0.1, 0.15) is 31.1 Å². The van der Waals surface area contributed by atoms with Gasteiger partial charge in [0.1, 0.15) is 0 Å². The van der Waals surface area contributed by atoms with Crippen molar-refractivity contribution in [3.05, 3.63) is 36.0 Å². The highest BCUT2D eigenvalue weighted by atomic mass is 16.2. The Bertz CT molecular complexity index is 663. The SMILES string of the molecule is CCNC(=O)CN(CC)[C@H](C)C(=O)c1c[nH]c2ccccc12. The van der Waals surface area contributed by atoms with Gasteiger partial charge in [0.2, 0.25) is 5.91 Å². The molecule has 0 radical (unpaired) electrons. The van der Waals surface area contributed by atoms with Crippen molar-refractivity contribution < 1.29 is 9.59 Å². The number of fused-ring (bicyclic) bond motifs is 1. The summed E-state index contributed by atoms with van der Waals surface area (Å²) in [5.74, 6) is -0.0217. The molecule has 0 aliphatic rings. The van der Waals surface area contributed by atoms with E-state index >= 15 is 0 Å². The van der Waals surface area contributed by atoms with Gasteiger partial charge in [0.15, 0.2) is 5.78 Å². The number of aromatic amines is 1. The number of para-hydroxylation sites is 1. The second kappa shape index (κ2) is 7.22. The van der Waals surface area contributed by atoms with E-state index < -0.39 is 0 Å². The van der Waals surface area contributed by atoms with Crippen LogP contribution < -0.4 is 5.32 Å². The molecule has 1 aromatic carbocycles. The van der Waals surface area contributed by atoms with E-state index in [0.717, 1.165) is 10.9 Å². The third-order valence-electron chi connectivity index (χ3n) is 3.91. The highest BCUT2D eigenvalue weighted by molar-refractivity contribution is 6.10. The van der Waals surface area contributed by atoms with Gasteiger partial charge in [0, 0.05) is 29.2 Å². The predicted octanol–water partition coefficient (Wildman–Crippen LogP) is 2.20. The van der Waals surface area contributed by atoms with Crippen molar-refractivity contribution in [2.45, 2.75) is 26.8 Å². The van der Waals surface area contributed by atoms with Gasteiger partial charge in [0.05, 0.1) is 12.6 Å². The number of nitrogens with zero attached hydrogens (tertiary/aromatic N) is 1. The number of hydrogen-bond acceptors (Lipinski definition) is 3. The van der Waals surface area contributed by atoms with E-state index in [2.05, 4.69) is 10.3 Å². The van der Waals surface area contributed by atoms with Crippen LogP contribution in [0.15, 0.2) is 30.5 Å². The van der Waals surface area contributed by atoms with E-state index in [1.807, 2.05) is 49.9 Å². The average molecular weight is 301 g/mol. The minimum absolute atomic E-state index is 0.0311. The van der Waals surface area contributed by atoms with Gasteiger partial charge >= 0.3 is 0 Å². The van der Waals surface area contributed by atoms with Crippen molar-refractivity contribution >= 4 is 22.6 Å². The van der Waals surface area contributed by atoms with Crippen molar-refractivity contribution in [1.82, 2.24) is 15.2 Å². The summed E-state index contributed by atoms with van der Waals surface area (Å²) < 4.78 is 0. The van der Waals surface area contributed by atoms with Crippen LogP contribution in [0.2, 0.25) is 0 Å². The first kappa shape index (κ1) is 16.2. The fraction of sp³-hybridized carbons (Fsp3) is 0.412. The smallest absolute Gasteiger partial charge is 0.234 e. The molecule has 1 heterocycles. The molecule has 1 amide bonds. The maximum atomic E-state index is 12.8. The van der Waals surface area contributed by atoms with E-state index in [1.54, 1.807) is 6.20 Å². The number of likely N-dealkylation sites (N-methyl/N-ethyl adjacent to an activating group) is 2. The quantitative estimate of drug-likeness (QED) is 0.771. The van der Waals surface area contributed by atoms with Crippen LogP contribution in [0.5, 0.6) is 0 Å². The molecule has 118 valence electrons. The molecule has 22 heavy (non-hydrogen) atoms. The largest absolute Gasteiger partial charge is 0.360 e. The van der Waals surface area contributed by atoms with Crippen LogP contribution in [0.4, 0.5) is 0 Å². The number of hydrogen-bond donors (Lipinski definition) is 2. The Labute approximate surface area is 130 Å². The minimum Gasteiger partial charge on any atom is -0.360 e. The minimum atomic E-state index is -0.341. The number of Topliss-reactive ketones (excluding diaryl/α,β-unsaturated/α-hetero) is 1. The molecule has 2 aromatic rings. The van der Waals surface area contributed by atoms with Crippen LogP contribution >= 0.6 is 0 Å². The standard InChI is InChI=1S/C17H23N3O2/c1-4-18-16(21)11-20(5-2)12(3)17(22)14-10-19-15-9-7-6-8-13(14)15/h6-10,12,19H,4-5,11H2,1-3H3,(H,18,21)/t12-/m1/s1. The molecule has 0 fully saturated rings. The zero-order valence-corrected chi connectivity index (χ0v) is 13.3. The molecule has 1 aromatic heterocycles. The van der Waals surface area contributed by atoms with Gasteiger partial charge in [-0.3, -0.25) is 14.5 Å². The van der Waals surface area contributed by atoms with Crippen LogP contribution in [-0.4, -0.2) is 47.3 Å². The summed E-state index contributed by atoms with van der Waals surface area (Å²) in [6, 6.07) is 7.40. The molecule has 5 heteroatoms. The number of amides is 1. The van der Waals surface area contributed by atoms with Gasteiger partial charge in [-0.2, -0.15) is 0 Å². The Morgan fingerprint density at radius 1 is 1.27 bits per heavy atom. The average Bonchev–Trinajstić information content (AvgIpc) is 2.95. The second-order valence-electron chi connectivity index (χ2n) is 5.30. The maximum Gasteiger partial charge on any atom is 0.234 e. The molecule has 0 spiro atoms. The fourth-order valence-electron chi connectivity index (χ4n) is 2.63. The Hall–Kier alpha value is -2.14. The lowest BCUT2D eigenvalue weighted by Crippen LogP contribution is -2.45. The highest BCUT2D eigenvalue weighted by Gasteiger charge is 2.24. The van der Waals surface area contributed by atoms with Crippen molar-refractivity contribution in [1.29, 1.82) is 0 Å². The lowest BCUT2D eigenvalue weighted by atomic mass is 10.0. The number of ketones is 1. The normalized spacial score (nSPS) is 12.5. The number of carbonyl (C=O) groups is 2. The summed E-state index contributed by atoms with van der Waals surface area (Å²) in [5.41, 5.74) is 1.63. The van der Waals surface area contributed by atoms with Crippen molar-refractivity contribution in [2.75, 3.05) is 19.6 Å². The van der Waals surface area contributed by atoms with E-state index in [4.69, 9.17) is 0 Å². The molecule has 2 N–H and O–H groups in total. The number of carbonyl (C=O) groups excluding carboxylic acids is 2. The first-order valence-corrected chi connectivity index (χ1v) is 7.69. The van der Waals surface area contributed by atoms with Crippen LogP contribution in [0.3, 0.4) is 0 Å². The Morgan fingerprint density at radius 3 is 2.68 bits per heavy atom. The first-order valence-electron chi connectivity index (χ1n) is 7.69. The van der Waals surface area contributed by atoms with Crippen molar-refractivity contribution in [2.24, 2.45) is 0 Å². The topological polar surface area (TPSA) is 65.2 Å². The van der Waals surface area contributed by atoms with Gasteiger partial charge in [-0.05, 0) is 26.5 Å². The second-order valence-corrected chi connectivity index (χ2v) is 5.30. The molecule has 5 nitrogen and oxygen atoms in total. The Kier molecular flexibility index (Phi) is 5.33. The zero-order chi connectivity index (χ0) is 16.1. The highest BCUT2D eigenvalue weighted by Crippen LogP contribution is 2.20. The van der Waals surface area contributed by atoms with Crippen LogP contribution in [-0.2, 0) is 4.79 Å². The molecule has 0 aliphatic heterocycles. The lowest BCUT2D eigenvalue weighted by molar-refractivity contribution is -0.122. The predicted molar refractivity (Wildman–Crippen MR) is 88.0 cm³/mol. The van der Waals surface area contributed by atoms with Gasteiger partial charge in [-0.1, -0.05) is 25.1 Å². The van der Waals surface area contributed by atoms with Gasteiger partial charge < -0.3 is 10.3 Å². The summed E-state index contributed by atoms with van der Waals surface area (Å²) in [6.07, 6.45) is 1.75. The molecule has 0 saturated carbocycles. The van der Waals surface area contributed by atoms with Crippen LogP contribution in [0.25, 0.3) is 10.9 Å². The maximum absolute atomic E-state index is 12.8. The molecule has 0 unspecified atom stereocenters. The third-order valence-corrected chi connectivity index (χ3v) is 3.91. The van der Waals surface area contributed by atoms with Crippen molar-refractivity contribution in [3.8, 4) is 0 Å². The summed E-state index contributed by atoms with van der Waals surface area (Å²) in [4.78, 5) is 29.5. The lowest BCUT2D eigenvalue weighted by Gasteiger charge is -2.25. The summed E-state index contributed by atoms with van der Waals surface area (Å²) in [5, 5.41) is 3.69. The number of H-pyrrole nitrogens is 1. The van der Waals surface area contributed by atoms with Gasteiger partial charge in [0.25, 0.3) is 0 Å². The summed E-state index contributed by atoms with van der Waals surface area (Å²) in [6.45, 7) is 7.17. The number of nitrogens with one attached hydrogen (secondary N) is 2. The molecule has 1 atom stereocenters. The van der Waals surface area contributed by atoms with Crippen LogP contribution in [0, 0.1) is 0 Å². The molecular formula is C17H23N3O2. The Balaban J connectivity index is 2.18. The number of rotatable bonds is 7. The van der Waals surface area contributed by atoms with Gasteiger partial charge in [-0.15, -0.1) is 0 Å². The monoisotopic (exact) mass is 301 g/mol. The molecule has 0 bridgehead atoms. The number of aromatic nitrogens is 1. The van der Waals surface area contributed by atoms with Crippen molar-refractivity contribution in [3.63, 3.8) is 0 Å². The van der Waals surface area contributed by atoms with E-state index in [-0.39, 0.29) is 24.3 Å². The summed E-state index contributed by atoms with van der Waals surface area (Å²) >= 11 is 0. The van der Waals surface area contributed by atoms with E-state index in [9.17, 15) is 9.59 Å². The van der Waals surface area contributed by atoms with E-state index in [0.29, 0.717) is 18.7 Å². The number of benzene rings is 1. The molecular weight excluding hydrogens is 278 g/mol. The zero-order valence-electron chi connectivity index (χ0n) is 13.3. The first-order chi connectivity index (χ1) is 10.6. The third kappa shape index (κ3) is 3.36. The molecule has 0 saturated heterocycles. The molecule has 0 aliphatic carbocycles. The van der Waals surface area contributed by atoms with Gasteiger partial charge in [-0.25, -0.2) is 0 Å². The summed E-state index contributed by atoms with van der Waals surface area (Å²) in [7, 11) is 0.